The molecular weight excluding hydrogens is 192 g/mol. The van der Waals surface area contributed by atoms with Gasteiger partial charge in [-0.05, 0) is 23.2 Å². The molecule has 0 radical (unpaired) electrons. The summed E-state index contributed by atoms with van der Waals surface area (Å²) in [6.45, 7) is 0. The zero-order valence-corrected chi connectivity index (χ0v) is 8.09. The minimum absolute atomic E-state index is 0.0989. The summed E-state index contributed by atoms with van der Waals surface area (Å²) in [5.74, 6) is 0.641. The smallest absolute Gasteiger partial charge is 0.175 e. The summed E-state index contributed by atoms with van der Waals surface area (Å²) in [6.07, 6.45) is 0. The normalized spacial score (nSPS) is 12.2. The van der Waals surface area contributed by atoms with E-state index in [1.807, 2.05) is 0 Å². The van der Waals surface area contributed by atoms with Crippen LogP contribution in [0.3, 0.4) is 0 Å². The summed E-state index contributed by atoms with van der Waals surface area (Å²) in [6, 6.07) is 4.67. The molecule has 0 aliphatic carbocycles. The Balaban J connectivity index is 3.27. The second-order valence-corrected chi connectivity index (χ2v) is 3.14. The Kier molecular flexibility index (Phi) is 3.27. The summed E-state index contributed by atoms with van der Waals surface area (Å²) in [5.41, 5.74) is 0. The molecule has 0 heterocycles. The Morgan fingerprint density at radius 3 is 2.46 bits per heavy atom. The van der Waals surface area contributed by atoms with E-state index in [-0.39, 0.29) is 10.6 Å². The molecule has 0 saturated heterocycles. The molecule has 1 aromatic carbocycles. The number of para-hydroxylation sites is 1. The van der Waals surface area contributed by atoms with Crippen LogP contribution in [0.4, 0.5) is 0 Å². The van der Waals surface area contributed by atoms with Crippen LogP contribution in [0.15, 0.2) is 23.1 Å². The van der Waals surface area contributed by atoms with Crippen LogP contribution < -0.4 is 9.47 Å². The van der Waals surface area contributed by atoms with Gasteiger partial charge in [0.15, 0.2) is 11.5 Å². The maximum absolute atomic E-state index is 10.7. The lowest BCUT2D eigenvalue weighted by atomic mass is 10.3. The van der Waals surface area contributed by atoms with Crippen molar-refractivity contribution in [2.75, 3.05) is 14.2 Å². The number of ether oxygens (including phenoxy) is 2. The maximum atomic E-state index is 10.7. The molecular formula is C8H9O4S-. The van der Waals surface area contributed by atoms with Gasteiger partial charge >= 0.3 is 0 Å². The van der Waals surface area contributed by atoms with Crippen LogP contribution in [0.25, 0.3) is 0 Å². The average molecular weight is 201 g/mol. The molecule has 0 saturated carbocycles. The third-order valence-corrected chi connectivity index (χ3v) is 2.23. The molecule has 0 aliphatic heterocycles. The van der Waals surface area contributed by atoms with E-state index < -0.39 is 11.1 Å². The molecule has 0 amide bonds. The van der Waals surface area contributed by atoms with Crippen LogP contribution in [-0.2, 0) is 11.1 Å². The Morgan fingerprint density at radius 2 is 2.00 bits per heavy atom. The van der Waals surface area contributed by atoms with Gasteiger partial charge in [0.25, 0.3) is 0 Å². The monoisotopic (exact) mass is 201 g/mol. The van der Waals surface area contributed by atoms with Crippen molar-refractivity contribution in [3.8, 4) is 11.5 Å². The molecule has 0 aliphatic rings. The molecule has 4 nitrogen and oxygen atoms in total. The first-order valence-corrected chi connectivity index (χ1v) is 4.58. The first kappa shape index (κ1) is 10.0. The molecule has 0 fully saturated rings. The van der Waals surface area contributed by atoms with Gasteiger partial charge in [-0.1, -0.05) is 6.07 Å². The fourth-order valence-corrected chi connectivity index (χ4v) is 1.51. The number of methoxy groups -OCH3 is 2. The van der Waals surface area contributed by atoms with Gasteiger partial charge in [-0.25, -0.2) is 0 Å². The molecule has 5 heteroatoms. The average Bonchev–Trinajstić information content (AvgIpc) is 2.16. The maximum Gasteiger partial charge on any atom is 0.175 e. The van der Waals surface area contributed by atoms with E-state index in [4.69, 9.17) is 9.47 Å². The second kappa shape index (κ2) is 4.25. The predicted molar refractivity (Wildman–Crippen MR) is 46.7 cm³/mol. The van der Waals surface area contributed by atoms with Crippen molar-refractivity contribution in [1.29, 1.82) is 0 Å². The highest BCUT2D eigenvalue weighted by Crippen LogP contribution is 2.32. The van der Waals surface area contributed by atoms with Gasteiger partial charge in [0.1, 0.15) is 0 Å². The lowest BCUT2D eigenvalue weighted by Gasteiger charge is -2.13. The van der Waals surface area contributed by atoms with Crippen LogP contribution in [0.2, 0.25) is 0 Å². The second-order valence-electron chi connectivity index (χ2n) is 2.23. The molecule has 1 atom stereocenters. The third kappa shape index (κ3) is 1.99. The molecule has 1 aromatic rings. The molecule has 1 unspecified atom stereocenters. The first-order chi connectivity index (χ1) is 6.20. The van der Waals surface area contributed by atoms with E-state index in [0.717, 1.165) is 0 Å². The van der Waals surface area contributed by atoms with Gasteiger partial charge in [0.2, 0.25) is 0 Å². The Morgan fingerprint density at radius 1 is 1.31 bits per heavy atom. The molecule has 72 valence electrons. The molecule has 0 aromatic heterocycles. The van der Waals surface area contributed by atoms with E-state index >= 15 is 0 Å². The lowest BCUT2D eigenvalue weighted by molar-refractivity contribution is 0.346. The Hall–Kier alpha value is -1.07. The SMILES string of the molecule is COc1cccc(S(=O)[O-])c1OC. The number of hydrogen-bond donors (Lipinski definition) is 0. The summed E-state index contributed by atoms with van der Waals surface area (Å²) in [7, 11) is 2.85. The number of rotatable bonds is 3. The van der Waals surface area contributed by atoms with E-state index in [1.165, 1.54) is 20.3 Å². The fourth-order valence-electron chi connectivity index (χ4n) is 0.989. The Labute approximate surface area is 78.8 Å². The van der Waals surface area contributed by atoms with Gasteiger partial charge in [-0.3, -0.25) is 4.21 Å². The van der Waals surface area contributed by atoms with Crippen molar-refractivity contribution >= 4 is 11.1 Å². The van der Waals surface area contributed by atoms with E-state index in [1.54, 1.807) is 12.1 Å². The Bertz CT molecular complexity index is 324. The molecule has 0 spiro atoms. The minimum Gasteiger partial charge on any atom is -0.768 e. The van der Waals surface area contributed by atoms with Crippen molar-refractivity contribution in [2.24, 2.45) is 0 Å². The van der Waals surface area contributed by atoms with E-state index in [2.05, 4.69) is 0 Å². The zero-order valence-electron chi connectivity index (χ0n) is 7.27. The molecule has 1 rings (SSSR count). The van der Waals surface area contributed by atoms with Crippen LogP contribution in [0.1, 0.15) is 0 Å². The van der Waals surface area contributed by atoms with Crippen LogP contribution >= 0.6 is 0 Å². The minimum atomic E-state index is -2.31. The predicted octanol–water partition coefficient (Wildman–Crippen LogP) is 0.942. The van der Waals surface area contributed by atoms with Crippen molar-refractivity contribution in [3.63, 3.8) is 0 Å². The summed E-state index contributed by atoms with van der Waals surface area (Å²) < 4.78 is 31.3. The van der Waals surface area contributed by atoms with Crippen molar-refractivity contribution in [1.82, 2.24) is 0 Å². The van der Waals surface area contributed by atoms with Gasteiger partial charge in [-0.2, -0.15) is 0 Å². The summed E-state index contributed by atoms with van der Waals surface area (Å²) >= 11 is -2.31. The first-order valence-electron chi connectivity index (χ1n) is 3.51. The molecule has 0 bridgehead atoms. The molecule has 0 N–H and O–H groups in total. The number of hydrogen-bond acceptors (Lipinski definition) is 4. The lowest BCUT2D eigenvalue weighted by Crippen LogP contribution is -1.97. The highest BCUT2D eigenvalue weighted by molar-refractivity contribution is 7.79. The highest BCUT2D eigenvalue weighted by Gasteiger charge is 2.08. The van der Waals surface area contributed by atoms with E-state index in [0.29, 0.717) is 5.75 Å². The van der Waals surface area contributed by atoms with Crippen LogP contribution in [0.5, 0.6) is 11.5 Å². The van der Waals surface area contributed by atoms with Crippen LogP contribution in [-0.4, -0.2) is 23.0 Å². The van der Waals surface area contributed by atoms with Gasteiger partial charge in [-0.15, -0.1) is 0 Å². The fraction of sp³-hybridized carbons (Fsp3) is 0.250. The standard InChI is InChI=1S/C8H10O4S/c1-11-6-4-3-5-7(13(9)10)8(6)12-2/h3-5H,1-2H3,(H,9,10)/p-1. The van der Waals surface area contributed by atoms with Crippen molar-refractivity contribution in [3.05, 3.63) is 18.2 Å². The van der Waals surface area contributed by atoms with Gasteiger partial charge < -0.3 is 14.0 Å². The van der Waals surface area contributed by atoms with Crippen molar-refractivity contribution < 1.29 is 18.2 Å². The van der Waals surface area contributed by atoms with Crippen molar-refractivity contribution in [2.45, 2.75) is 4.90 Å². The number of benzene rings is 1. The van der Waals surface area contributed by atoms with Gasteiger partial charge in [0.05, 0.1) is 19.1 Å². The van der Waals surface area contributed by atoms with Gasteiger partial charge in [0, 0.05) is 0 Å². The summed E-state index contributed by atoms with van der Waals surface area (Å²) in [4.78, 5) is 0.0989. The topological polar surface area (TPSA) is 58.6 Å². The quantitative estimate of drug-likeness (QED) is 0.683. The third-order valence-electron chi connectivity index (χ3n) is 1.55. The zero-order chi connectivity index (χ0) is 9.84. The van der Waals surface area contributed by atoms with E-state index in [9.17, 15) is 8.76 Å². The summed E-state index contributed by atoms with van der Waals surface area (Å²) in [5, 5.41) is 0. The largest absolute Gasteiger partial charge is 0.768 e. The molecule has 13 heavy (non-hydrogen) atoms. The highest BCUT2D eigenvalue weighted by atomic mass is 32.2. The van der Waals surface area contributed by atoms with Crippen LogP contribution in [0, 0.1) is 0 Å².